The minimum absolute atomic E-state index is 0. The number of fused-ring (bicyclic) bond motifs is 1. The molecule has 7 rings (SSSR count). The number of rotatable bonds is 5. The quantitative estimate of drug-likeness (QED) is 0.301. The van der Waals surface area contributed by atoms with Crippen LogP contribution in [-0.2, 0) is 17.9 Å². The first kappa shape index (κ1) is 31.3. The first-order valence-electron chi connectivity index (χ1n) is 15.0. The van der Waals surface area contributed by atoms with Crippen molar-refractivity contribution in [1.29, 1.82) is 0 Å². The molecule has 13 heteroatoms. The summed E-state index contributed by atoms with van der Waals surface area (Å²) in [5.41, 5.74) is 3.57. The lowest BCUT2D eigenvalue weighted by atomic mass is 9.97. The molecule has 0 spiro atoms. The second-order valence-corrected chi connectivity index (χ2v) is 13.0. The predicted octanol–water partition coefficient (Wildman–Crippen LogP) is 3.91. The first-order chi connectivity index (χ1) is 21.2. The third kappa shape index (κ3) is 5.44. The molecule has 2 aromatic heterocycles. The number of anilines is 1. The number of carbonyl (C=O) groups excluding carboxylic acids is 1. The number of aryl methyl sites for hydroxylation is 2. The Morgan fingerprint density at radius 3 is 2.64 bits per heavy atom. The predicted molar refractivity (Wildman–Crippen MR) is 180 cm³/mol. The highest BCUT2D eigenvalue weighted by Gasteiger charge is 2.34. The molecule has 0 aliphatic carbocycles. The average Bonchev–Trinajstić information content (AvgIpc) is 3.39. The highest BCUT2D eigenvalue weighted by atomic mass is 32.2. The van der Waals surface area contributed by atoms with Crippen LogP contribution in [0.15, 0.2) is 52.7 Å². The number of amides is 1. The molecule has 0 bridgehead atoms. The van der Waals surface area contributed by atoms with Gasteiger partial charge in [-0.15, -0.1) is 22.0 Å². The fourth-order valence-electron chi connectivity index (χ4n) is 6.96. The van der Waals surface area contributed by atoms with Crippen LogP contribution in [0.2, 0.25) is 0 Å². The van der Waals surface area contributed by atoms with Crippen molar-refractivity contribution in [2.45, 2.75) is 50.8 Å². The van der Waals surface area contributed by atoms with Crippen molar-refractivity contribution in [1.82, 2.24) is 34.1 Å². The molecule has 2 atom stereocenters. The van der Waals surface area contributed by atoms with Gasteiger partial charge in [-0.3, -0.25) is 14.3 Å². The summed E-state index contributed by atoms with van der Waals surface area (Å²) in [6.07, 6.45) is 1.35. The van der Waals surface area contributed by atoms with Crippen molar-refractivity contribution >= 4 is 47.9 Å². The van der Waals surface area contributed by atoms with E-state index in [-0.39, 0.29) is 43.0 Å². The van der Waals surface area contributed by atoms with E-state index in [1.54, 1.807) is 28.8 Å². The molecule has 0 saturated carbocycles. The molecular weight excluding hydrogens is 612 g/mol. The van der Waals surface area contributed by atoms with Gasteiger partial charge in [0.05, 0.1) is 18.1 Å². The van der Waals surface area contributed by atoms with Crippen molar-refractivity contribution in [2.24, 2.45) is 0 Å². The Balaban J connectivity index is 0.00000357. The van der Waals surface area contributed by atoms with E-state index in [4.69, 9.17) is 4.98 Å². The molecule has 3 aliphatic heterocycles. The number of hydrogen-bond acceptors (Lipinski definition) is 8. The van der Waals surface area contributed by atoms with Gasteiger partial charge in [-0.05, 0) is 56.2 Å². The third-order valence-electron chi connectivity index (χ3n) is 9.13. The molecule has 0 N–H and O–H groups in total. The molecule has 5 heterocycles. The van der Waals surface area contributed by atoms with Crippen LogP contribution in [0.1, 0.15) is 30.2 Å². The largest absolute Gasteiger partial charge is 0.350 e. The summed E-state index contributed by atoms with van der Waals surface area (Å²) >= 11 is 1.76. The number of thioether (sulfide) groups is 1. The van der Waals surface area contributed by atoms with E-state index in [0.29, 0.717) is 44.3 Å². The number of hydrogen-bond donors (Lipinski definition) is 0. The molecule has 1 fully saturated rings. The van der Waals surface area contributed by atoms with Gasteiger partial charge in [0.15, 0.2) is 0 Å². The van der Waals surface area contributed by atoms with Crippen LogP contribution in [0.5, 0.6) is 0 Å². The molecule has 10 nitrogen and oxygen atoms in total. The normalized spacial score (nSPS) is 19.7. The summed E-state index contributed by atoms with van der Waals surface area (Å²) in [4.78, 5) is 38.5. The Kier molecular flexibility index (Phi) is 8.53. The number of benzene rings is 2. The number of halogens is 1. The summed E-state index contributed by atoms with van der Waals surface area (Å²) in [5.74, 6) is 2.85. The van der Waals surface area contributed by atoms with E-state index in [2.05, 4.69) is 51.1 Å². The maximum absolute atomic E-state index is 14.1. The zero-order chi connectivity index (χ0) is 30.7. The molecule has 1 saturated heterocycles. The SMILES string of the molecule is C=CC(=O)N1CCN(c2nc(=O)n3c4c(c(-c5ccc(F)cc5)c(C)cc24)SC[C@@H]3CN2CCn3c(C)nnc3C2)[C@@H](C)C1.S. The lowest BCUT2D eigenvalue weighted by Gasteiger charge is -2.41. The van der Waals surface area contributed by atoms with Crippen molar-refractivity contribution in [3.63, 3.8) is 0 Å². The molecule has 4 aromatic rings. The first-order valence-corrected chi connectivity index (χ1v) is 16.0. The molecular formula is C32H37FN8O2S2. The van der Waals surface area contributed by atoms with Crippen LogP contribution < -0.4 is 10.6 Å². The second kappa shape index (κ2) is 12.3. The lowest BCUT2D eigenvalue weighted by molar-refractivity contribution is -0.126. The lowest BCUT2D eigenvalue weighted by Crippen LogP contribution is -2.54. The van der Waals surface area contributed by atoms with Gasteiger partial charge in [0.1, 0.15) is 23.3 Å². The fraction of sp³-hybridized carbons (Fsp3) is 0.406. The van der Waals surface area contributed by atoms with E-state index in [1.807, 2.05) is 11.5 Å². The van der Waals surface area contributed by atoms with Gasteiger partial charge in [-0.2, -0.15) is 18.5 Å². The van der Waals surface area contributed by atoms with Crippen molar-refractivity contribution in [3.8, 4) is 11.1 Å². The van der Waals surface area contributed by atoms with Crippen molar-refractivity contribution in [2.75, 3.05) is 43.4 Å². The number of aromatic nitrogens is 5. The molecule has 2 aromatic carbocycles. The maximum Gasteiger partial charge on any atom is 0.350 e. The minimum atomic E-state index is -0.285. The fourth-order valence-corrected chi connectivity index (χ4v) is 8.34. The van der Waals surface area contributed by atoms with Gasteiger partial charge in [0.2, 0.25) is 5.91 Å². The maximum atomic E-state index is 14.1. The smallest absolute Gasteiger partial charge is 0.350 e. The van der Waals surface area contributed by atoms with Gasteiger partial charge >= 0.3 is 5.69 Å². The van der Waals surface area contributed by atoms with Gasteiger partial charge in [-0.1, -0.05) is 18.7 Å². The van der Waals surface area contributed by atoms with Crippen molar-refractivity contribution in [3.05, 3.63) is 76.5 Å². The Hall–Kier alpha value is -3.68. The van der Waals surface area contributed by atoms with Crippen LogP contribution in [0, 0.1) is 19.7 Å². The highest BCUT2D eigenvalue weighted by molar-refractivity contribution is 7.99. The Bertz CT molecular complexity index is 1860. The summed E-state index contributed by atoms with van der Waals surface area (Å²) < 4.78 is 18.0. The van der Waals surface area contributed by atoms with E-state index >= 15 is 0 Å². The molecule has 45 heavy (non-hydrogen) atoms. The van der Waals surface area contributed by atoms with Crippen LogP contribution in [0.25, 0.3) is 22.0 Å². The highest BCUT2D eigenvalue weighted by Crippen LogP contribution is 2.46. The second-order valence-electron chi connectivity index (χ2n) is 11.9. The van der Waals surface area contributed by atoms with E-state index in [9.17, 15) is 14.0 Å². The molecule has 0 unspecified atom stereocenters. The zero-order valence-corrected chi connectivity index (χ0v) is 27.5. The summed E-state index contributed by atoms with van der Waals surface area (Å²) in [5, 5.41) is 9.54. The van der Waals surface area contributed by atoms with E-state index in [0.717, 1.165) is 57.2 Å². The standard InChI is InChI=1S/C32H35FN8O2S.H2S/c1-5-27(42)38-11-13-39(20(3)15-38)31-25-14-19(2)28(22-6-8-23(33)9-7-22)30-29(25)41(32(43)34-31)24(18-44-30)16-37-10-12-40-21(4)35-36-26(40)17-37;/h5-9,14,20,24H,1,10-13,15-18H2,2-4H3;1H2/t20-,24-;/m0./s1. The van der Waals surface area contributed by atoms with Gasteiger partial charge in [-0.25, -0.2) is 9.18 Å². The monoisotopic (exact) mass is 648 g/mol. The van der Waals surface area contributed by atoms with Gasteiger partial charge < -0.3 is 14.4 Å². The summed E-state index contributed by atoms with van der Waals surface area (Å²) in [6.45, 7) is 14.4. The molecule has 3 aliphatic rings. The molecule has 236 valence electrons. The van der Waals surface area contributed by atoms with Crippen LogP contribution >= 0.6 is 25.3 Å². The summed E-state index contributed by atoms with van der Waals surface area (Å²) in [7, 11) is 0. The van der Waals surface area contributed by atoms with Crippen molar-refractivity contribution < 1.29 is 9.18 Å². The number of nitrogens with zero attached hydrogens (tertiary/aromatic N) is 8. The third-order valence-corrected chi connectivity index (χ3v) is 10.4. The van der Waals surface area contributed by atoms with Crippen LogP contribution in [0.4, 0.5) is 10.2 Å². The average molecular weight is 649 g/mol. The summed E-state index contributed by atoms with van der Waals surface area (Å²) in [6, 6.07) is 8.56. The van der Waals surface area contributed by atoms with E-state index in [1.165, 1.54) is 18.2 Å². The molecule has 0 radical (unpaired) electrons. The number of piperazine rings is 1. The van der Waals surface area contributed by atoms with E-state index < -0.39 is 0 Å². The topological polar surface area (TPSA) is 92.4 Å². The van der Waals surface area contributed by atoms with Gasteiger partial charge in [0.25, 0.3) is 0 Å². The minimum Gasteiger partial charge on any atom is -0.350 e. The van der Waals surface area contributed by atoms with Crippen LogP contribution in [0.3, 0.4) is 0 Å². The van der Waals surface area contributed by atoms with Gasteiger partial charge in [0, 0.05) is 66.9 Å². The van der Waals surface area contributed by atoms with Crippen LogP contribution in [-0.4, -0.2) is 84.5 Å². The number of carbonyl (C=O) groups is 1. The Morgan fingerprint density at radius 1 is 1.13 bits per heavy atom. The molecule has 1 amide bonds. The zero-order valence-electron chi connectivity index (χ0n) is 25.7. The Labute approximate surface area is 272 Å². The Morgan fingerprint density at radius 2 is 1.91 bits per heavy atom.